The van der Waals surface area contributed by atoms with Gasteiger partial charge in [-0.25, -0.2) is 0 Å². The van der Waals surface area contributed by atoms with E-state index in [1.54, 1.807) is 0 Å². The third kappa shape index (κ3) is 31.8. The van der Waals surface area contributed by atoms with Crippen molar-refractivity contribution in [1.82, 2.24) is 16.0 Å². The lowest BCUT2D eigenvalue weighted by atomic mass is 9.88. The van der Waals surface area contributed by atoms with E-state index in [0.717, 1.165) is 0 Å². The highest BCUT2D eigenvalue weighted by Gasteiger charge is 2.37. The second-order valence-electron chi connectivity index (χ2n) is 18.3. The van der Waals surface area contributed by atoms with E-state index in [2.05, 4.69) is 47.9 Å². The van der Waals surface area contributed by atoms with Crippen LogP contribution in [0.2, 0.25) is 0 Å². The van der Waals surface area contributed by atoms with Crippen LogP contribution in [-0.2, 0) is 100 Å². The van der Waals surface area contributed by atoms with E-state index >= 15 is 0 Å². The molecule has 0 unspecified atom stereocenters. The molecular formula is C52H73N3O27. The van der Waals surface area contributed by atoms with Crippen molar-refractivity contribution in [2.24, 2.45) is 10.8 Å². The summed E-state index contributed by atoms with van der Waals surface area (Å²) in [5, 5.41) is 66.6. The molecule has 0 saturated heterocycles. The van der Waals surface area contributed by atoms with Crippen LogP contribution >= 0.6 is 0 Å². The predicted molar refractivity (Wildman–Crippen MR) is 273 cm³/mol. The number of hydrogen-bond acceptors (Lipinski definition) is 27. The molecular weight excluding hydrogens is 1100 g/mol. The zero-order chi connectivity index (χ0) is 62.0. The SMILES string of the molecule is C#CCOC(=O)CCC(=O)NCC(CO)(CO)COC(=O)CCC(=O)OCC(CC)(COC(=O)CCC(=O)OCC(CO)(CO)NC(=O)CCC(=O)OCC#C)COC(=O)CCC(=O)OCC(CO)(CO)NC(=O)CCC(=O)OCC#C. The molecule has 30 nitrogen and oxygen atoms in total. The molecule has 0 bridgehead atoms. The molecule has 0 fully saturated rings. The average Bonchev–Trinajstić information content (AvgIpc) is 3.49. The first-order valence-electron chi connectivity index (χ1n) is 25.2. The zero-order valence-corrected chi connectivity index (χ0v) is 45.5. The van der Waals surface area contributed by atoms with Crippen LogP contribution in [0.25, 0.3) is 0 Å². The first-order chi connectivity index (χ1) is 39.0. The van der Waals surface area contributed by atoms with Crippen LogP contribution in [0.3, 0.4) is 0 Å². The van der Waals surface area contributed by atoms with Crippen molar-refractivity contribution in [3.8, 4) is 37.0 Å². The van der Waals surface area contributed by atoms with E-state index in [9.17, 15) is 88.2 Å². The number of rotatable bonds is 44. The van der Waals surface area contributed by atoms with Gasteiger partial charge >= 0.3 is 53.7 Å². The van der Waals surface area contributed by atoms with Crippen molar-refractivity contribution in [2.75, 3.05) is 106 Å². The Morgan fingerprint density at radius 3 is 0.841 bits per heavy atom. The lowest BCUT2D eigenvalue weighted by Gasteiger charge is -2.31. The van der Waals surface area contributed by atoms with Crippen molar-refractivity contribution < 1.29 is 131 Å². The standard InChI is InChI=1S/C52H73N3O27/c1-5-21-74-40(65)12-9-37(62)53-24-50(25-56,26-57)34-80-46(71)16-15-43(68)77-31-49(8-4,32-78-44(69)17-19-47(72)81-35-51(27-58,28-59)54-38(63)10-13-41(66)75-22-6-2)33-79-45(70)18-20-48(73)82-36-52(29-60,30-61)55-39(64)11-14-42(67)76-23-7-3/h1-3,56-61H,8-36H2,4H3,(H,53,62)(H,54,63)(H,55,64). The minimum Gasteiger partial charge on any atom is -0.465 e. The number of aliphatic hydroxyl groups is 6. The van der Waals surface area contributed by atoms with Crippen LogP contribution in [0.1, 0.15) is 90.4 Å². The van der Waals surface area contributed by atoms with Crippen molar-refractivity contribution >= 4 is 71.4 Å². The summed E-state index contributed by atoms with van der Waals surface area (Å²) in [6.45, 7) is -9.27. The van der Waals surface area contributed by atoms with Gasteiger partial charge in [-0.1, -0.05) is 24.7 Å². The van der Waals surface area contributed by atoms with Gasteiger partial charge in [0.25, 0.3) is 0 Å². The fourth-order valence-electron chi connectivity index (χ4n) is 5.99. The van der Waals surface area contributed by atoms with Gasteiger partial charge in [0.2, 0.25) is 17.7 Å². The molecule has 0 radical (unpaired) electrons. The number of esters is 9. The van der Waals surface area contributed by atoms with E-state index in [0.29, 0.717) is 0 Å². The summed E-state index contributed by atoms with van der Waals surface area (Å²) in [6, 6.07) is 0. The minimum absolute atomic E-state index is 0.0613. The monoisotopic (exact) mass is 1170 g/mol. The van der Waals surface area contributed by atoms with Gasteiger partial charge in [0, 0.05) is 25.8 Å². The minimum atomic E-state index is -1.90. The Morgan fingerprint density at radius 1 is 0.341 bits per heavy atom. The smallest absolute Gasteiger partial charge is 0.307 e. The van der Waals surface area contributed by atoms with E-state index in [4.69, 9.17) is 47.7 Å². The van der Waals surface area contributed by atoms with Crippen molar-refractivity contribution in [1.29, 1.82) is 0 Å². The molecule has 30 heteroatoms. The van der Waals surface area contributed by atoms with Crippen LogP contribution < -0.4 is 16.0 Å². The molecule has 0 aromatic carbocycles. The van der Waals surface area contributed by atoms with Gasteiger partial charge < -0.3 is 89.2 Å². The Bertz CT molecular complexity index is 2150. The van der Waals surface area contributed by atoms with E-state index in [1.807, 2.05) is 0 Å². The molecule has 0 spiro atoms. The fraction of sp³-hybridized carbons (Fsp3) is 0.654. The summed E-state index contributed by atoms with van der Waals surface area (Å²) < 4.78 is 45.5. The Balaban J connectivity index is 5.87. The van der Waals surface area contributed by atoms with Gasteiger partial charge in [0.05, 0.1) is 108 Å². The number of hydrogen-bond donors (Lipinski definition) is 9. The number of nitrogens with one attached hydrogen (secondary N) is 3. The quantitative estimate of drug-likeness (QED) is 0.0158. The molecule has 0 aromatic heterocycles. The molecule has 0 aliphatic heterocycles. The Morgan fingerprint density at radius 2 is 0.585 bits per heavy atom. The van der Waals surface area contributed by atoms with Gasteiger partial charge in [0.15, 0.2) is 19.8 Å². The summed E-state index contributed by atoms with van der Waals surface area (Å²) in [4.78, 5) is 149. The maximum atomic E-state index is 13.0. The predicted octanol–water partition coefficient (Wildman–Crippen LogP) is -4.38. The number of carbonyl (C=O) groups excluding carboxylic acids is 12. The molecule has 0 aliphatic carbocycles. The Labute approximate surface area is 472 Å². The molecule has 82 heavy (non-hydrogen) atoms. The highest BCUT2D eigenvalue weighted by Crippen LogP contribution is 2.26. The van der Waals surface area contributed by atoms with E-state index < -0.39 is 243 Å². The molecule has 458 valence electrons. The largest absolute Gasteiger partial charge is 0.465 e. The highest BCUT2D eigenvalue weighted by molar-refractivity contribution is 5.84. The summed E-state index contributed by atoms with van der Waals surface area (Å²) in [6.07, 6.45) is 8.79. The van der Waals surface area contributed by atoms with Crippen LogP contribution in [0, 0.1) is 47.9 Å². The summed E-state index contributed by atoms with van der Waals surface area (Å²) in [7, 11) is 0. The lowest BCUT2D eigenvalue weighted by molar-refractivity contribution is -0.166. The molecule has 0 heterocycles. The first-order valence-corrected chi connectivity index (χ1v) is 25.2. The van der Waals surface area contributed by atoms with Gasteiger partial charge in [-0.05, 0) is 6.42 Å². The van der Waals surface area contributed by atoms with Crippen LogP contribution in [0.4, 0.5) is 0 Å². The number of carbonyl (C=O) groups is 12. The highest BCUT2D eigenvalue weighted by atomic mass is 16.6. The average molecular weight is 1170 g/mol. The number of aliphatic hydroxyl groups excluding tert-OH is 6. The van der Waals surface area contributed by atoms with Crippen LogP contribution in [0.15, 0.2) is 0 Å². The summed E-state index contributed by atoms with van der Waals surface area (Å²) in [5.74, 6) is -4.66. The molecule has 0 aliphatic rings. The topological polar surface area (TPSA) is 445 Å². The van der Waals surface area contributed by atoms with Gasteiger partial charge in [-0.3, -0.25) is 57.5 Å². The first kappa shape index (κ1) is 74.1. The molecule has 0 aromatic rings. The molecule has 3 amide bonds. The van der Waals surface area contributed by atoms with Crippen molar-refractivity contribution in [3.63, 3.8) is 0 Å². The Hall–Kier alpha value is -7.92. The molecule has 9 N–H and O–H groups in total. The maximum Gasteiger partial charge on any atom is 0.307 e. The summed E-state index contributed by atoms with van der Waals surface area (Å²) in [5.41, 5.74) is -6.95. The van der Waals surface area contributed by atoms with E-state index in [1.165, 1.54) is 6.92 Å². The molecule has 0 rings (SSSR count). The third-order valence-corrected chi connectivity index (χ3v) is 11.5. The number of terminal acetylenes is 3. The van der Waals surface area contributed by atoms with E-state index in [-0.39, 0.29) is 39.1 Å². The lowest BCUT2D eigenvalue weighted by Crippen LogP contribution is -2.57. The van der Waals surface area contributed by atoms with Crippen LogP contribution in [0.5, 0.6) is 0 Å². The normalized spacial score (nSPS) is 11.1. The molecule has 0 saturated carbocycles. The fourth-order valence-corrected chi connectivity index (χ4v) is 5.99. The second-order valence-corrected chi connectivity index (χ2v) is 18.3. The number of amides is 3. The molecule has 0 atom stereocenters. The second kappa shape index (κ2) is 41.1. The van der Waals surface area contributed by atoms with Gasteiger partial charge in [-0.15, -0.1) is 19.3 Å². The van der Waals surface area contributed by atoms with Crippen LogP contribution in [-0.4, -0.2) is 219 Å². The zero-order valence-electron chi connectivity index (χ0n) is 45.5. The Kier molecular flexibility index (Phi) is 37.2. The summed E-state index contributed by atoms with van der Waals surface area (Å²) >= 11 is 0. The third-order valence-electron chi connectivity index (χ3n) is 11.5. The van der Waals surface area contributed by atoms with Gasteiger partial charge in [0.1, 0.15) is 50.7 Å². The number of ether oxygens (including phenoxy) is 9. The van der Waals surface area contributed by atoms with Crippen molar-refractivity contribution in [2.45, 2.75) is 101 Å². The maximum absolute atomic E-state index is 13.0. The van der Waals surface area contributed by atoms with Gasteiger partial charge in [-0.2, -0.15) is 0 Å². The van der Waals surface area contributed by atoms with Crippen molar-refractivity contribution in [3.05, 3.63) is 0 Å².